The van der Waals surface area contributed by atoms with Crippen LogP contribution in [0.15, 0.2) is 29.2 Å². The van der Waals surface area contributed by atoms with E-state index in [2.05, 4.69) is 15.0 Å². The summed E-state index contributed by atoms with van der Waals surface area (Å²) >= 11 is 0. The lowest BCUT2D eigenvalue weighted by Gasteiger charge is -2.04. The van der Waals surface area contributed by atoms with Crippen LogP contribution in [0, 0.1) is 0 Å². The van der Waals surface area contributed by atoms with E-state index >= 15 is 0 Å². The zero-order valence-corrected chi connectivity index (χ0v) is 9.90. The molecule has 0 atom stereocenters. The molecule has 2 aromatic heterocycles. The molecule has 0 amide bonds. The number of H-pyrrole nitrogens is 2. The van der Waals surface area contributed by atoms with E-state index in [1.807, 2.05) is 29.8 Å². The maximum atomic E-state index is 11.2. The molecule has 0 aliphatic heterocycles. The van der Waals surface area contributed by atoms with Crippen LogP contribution in [0.1, 0.15) is 5.82 Å². The van der Waals surface area contributed by atoms with Crippen molar-refractivity contribution in [2.45, 2.75) is 6.54 Å². The van der Waals surface area contributed by atoms with Gasteiger partial charge >= 0.3 is 5.69 Å². The monoisotopic (exact) mass is 243 g/mol. The molecule has 92 valence electrons. The molecule has 4 N–H and O–H groups in total. The van der Waals surface area contributed by atoms with Gasteiger partial charge in [0.1, 0.15) is 5.82 Å². The van der Waals surface area contributed by atoms with Crippen LogP contribution in [-0.4, -0.2) is 19.5 Å². The summed E-state index contributed by atoms with van der Waals surface area (Å²) in [7, 11) is 1.93. The first-order chi connectivity index (χ1) is 8.69. The number of hydrogen-bond acceptors (Lipinski definition) is 3. The molecule has 1 aromatic carbocycles. The first-order valence-corrected chi connectivity index (χ1v) is 5.62. The Bertz CT molecular complexity index is 764. The normalized spacial score (nSPS) is 11.2. The van der Waals surface area contributed by atoms with Crippen molar-refractivity contribution in [3.05, 3.63) is 40.7 Å². The molecule has 6 heteroatoms. The third-order valence-electron chi connectivity index (χ3n) is 3.08. The van der Waals surface area contributed by atoms with E-state index < -0.39 is 0 Å². The third kappa shape index (κ3) is 1.54. The highest BCUT2D eigenvalue weighted by atomic mass is 16.1. The molecule has 0 spiro atoms. The van der Waals surface area contributed by atoms with Gasteiger partial charge in [0, 0.05) is 12.6 Å². The Morgan fingerprint density at radius 3 is 2.83 bits per heavy atom. The second-order valence-electron chi connectivity index (χ2n) is 4.16. The van der Waals surface area contributed by atoms with E-state index in [4.69, 9.17) is 5.73 Å². The maximum absolute atomic E-state index is 11.2. The smallest absolute Gasteiger partial charge is 0.323 e. The van der Waals surface area contributed by atoms with Crippen molar-refractivity contribution in [2.24, 2.45) is 12.8 Å². The first kappa shape index (κ1) is 10.8. The SMILES string of the molecule is Cn1c(-c2ccc3[nH]c(=O)[nH]c3c2)cnc1CN. The van der Waals surface area contributed by atoms with Gasteiger partial charge in [-0.2, -0.15) is 0 Å². The fourth-order valence-electron chi connectivity index (χ4n) is 2.10. The van der Waals surface area contributed by atoms with Crippen LogP contribution >= 0.6 is 0 Å². The molecule has 3 rings (SSSR count). The van der Waals surface area contributed by atoms with Gasteiger partial charge in [-0.05, 0) is 12.1 Å². The highest BCUT2D eigenvalue weighted by Crippen LogP contribution is 2.22. The lowest BCUT2D eigenvalue weighted by molar-refractivity contribution is 0.799. The van der Waals surface area contributed by atoms with E-state index in [0.29, 0.717) is 6.54 Å². The Labute approximate surface area is 102 Å². The van der Waals surface area contributed by atoms with Crippen LogP contribution in [0.5, 0.6) is 0 Å². The van der Waals surface area contributed by atoms with Gasteiger partial charge in [-0.15, -0.1) is 0 Å². The zero-order valence-electron chi connectivity index (χ0n) is 9.90. The number of rotatable bonds is 2. The number of hydrogen-bond donors (Lipinski definition) is 3. The molecule has 0 saturated carbocycles. The lowest BCUT2D eigenvalue weighted by Crippen LogP contribution is -2.05. The average molecular weight is 243 g/mol. The molecular weight excluding hydrogens is 230 g/mol. The number of nitrogens with one attached hydrogen (secondary N) is 2. The Morgan fingerprint density at radius 1 is 1.33 bits per heavy atom. The molecule has 0 bridgehead atoms. The van der Waals surface area contributed by atoms with E-state index in [1.54, 1.807) is 6.20 Å². The minimum absolute atomic E-state index is 0.199. The molecule has 18 heavy (non-hydrogen) atoms. The minimum atomic E-state index is -0.199. The van der Waals surface area contributed by atoms with Gasteiger partial charge in [0.05, 0.1) is 29.5 Å². The minimum Gasteiger partial charge on any atom is -0.330 e. The summed E-state index contributed by atoms with van der Waals surface area (Å²) in [5.74, 6) is 0.827. The molecule has 6 nitrogen and oxygen atoms in total. The lowest BCUT2D eigenvalue weighted by atomic mass is 10.1. The second kappa shape index (κ2) is 3.85. The third-order valence-corrected chi connectivity index (χ3v) is 3.08. The number of aromatic amines is 2. The zero-order chi connectivity index (χ0) is 12.7. The highest BCUT2D eigenvalue weighted by Gasteiger charge is 2.08. The van der Waals surface area contributed by atoms with Crippen molar-refractivity contribution in [1.29, 1.82) is 0 Å². The van der Waals surface area contributed by atoms with Gasteiger partial charge in [-0.25, -0.2) is 9.78 Å². The number of nitrogens with two attached hydrogens (primary N) is 1. The van der Waals surface area contributed by atoms with Crippen molar-refractivity contribution >= 4 is 11.0 Å². The second-order valence-corrected chi connectivity index (χ2v) is 4.16. The van der Waals surface area contributed by atoms with Crippen LogP contribution < -0.4 is 11.4 Å². The molecule has 3 aromatic rings. The van der Waals surface area contributed by atoms with Gasteiger partial charge in [0.15, 0.2) is 0 Å². The fraction of sp³-hybridized carbons (Fsp3) is 0.167. The number of benzene rings is 1. The van der Waals surface area contributed by atoms with E-state index in [-0.39, 0.29) is 5.69 Å². The number of aromatic nitrogens is 4. The number of nitrogens with zero attached hydrogens (tertiary/aromatic N) is 2. The van der Waals surface area contributed by atoms with E-state index in [9.17, 15) is 4.79 Å². The molecule has 0 aliphatic carbocycles. The standard InChI is InChI=1S/C12H13N5O/c1-17-10(6-14-11(17)5-13)7-2-3-8-9(4-7)16-12(18)15-8/h2-4,6H,5,13H2,1H3,(H2,15,16,18). The van der Waals surface area contributed by atoms with Gasteiger partial charge in [0.2, 0.25) is 0 Å². The van der Waals surface area contributed by atoms with Gasteiger partial charge < -0.3 is 20.3 Å². The summed E-state index contributed by atoms with van der Waals surface area (Å²) < 4.78 is 1.95. The van der Waals surface area contributed by atoms with Crippen LogP contribution in [0.3, 0.4) is 0 Å². The summed E-state index contributed by atoms with van der Waals surface area (Å²) in [6.45, 7) is 0.403. The van der Waals surface area contributed by atoms with E-state index in [0.717, 1.165) is 28.1 Å². The summed E-state index contributed by atoms with van der Waals surface area (Å²) in [6, 6.07) is 5.74. The molecule has 0 fully saturated rings. The Hall–Kier alpha value is -2.34. The van der Waals surface area contributed by atoms with Crippen molar-refractivity contribution in [2.75, 3.05) is 0 Å². The molecule has 2 heterocycles. The quantitative estimate of drug-likeness (QED) is 0.619. The Kier molecular flexibility index (Phi) is 2.31. The predicted molar refractivity (Wildman–Crippen MR) is 69.0 cm³/mol. The maximum Gasteiger partial charge on any atom is 0.323 e. The fourth-order valence-corrected chi connectivity index (χ4v) is 2.10. The van der Waals surface area contributed by atoms with Crippen LogP contribution in [-0.2, 0) is 13.6 Å². The number of fused-ring (bicyclic) bond motifs is 1. The topological polar surface area (TPSA) is 92.5 Å². The van der Waals surface area contributed by atoms with Crippen molar-refractivity contribution < 1.29 is 0 Å². The Morgan fingerprint density at radius 2 is 2.11 bits per heavy atom. The predicted octanol–water partition coefficient (Wildman–Crippen LogP) is 0.715. The summed E-state index contributed by atoms with van der Waals surface area (Å²) in [4.78, 5) is 20.9. The molecule has 0 aliphatic rings. The average Bonchev–Trinajstić information content (AvgIpc) is 2.89. The summed E-state index contributed by atoms with van der Waals surface area (Å²) in [5.41, 5.74) is 8.95. The van der Waals surface area contributed by atoms with Gasteiger partial charge in [-0.1, -0.05) is 6.07 Å². The van der Waals surface area contributed by atoms with Crippen molar-refractivity contribution in [3.63, 3.8) is 0 Å². The molecule has 0 unspecified atom stereocenters. The first-order valence-electron chi connectivity index (χ1n) is 5.62. The van der Waals surface area contributed by atoms with Crippen LogP contribution in [0.4, 0.5) is 0 Å². The summed E-state index contributed by atoms with van der Waals surface area (Å²) in [6.07, 6.45) is 1.79. The Balaban J connectivity index is 2.18. The van der Waals surface area contributed by atoms with E-state index in [1.165, 1.54) is 0 Å². The highest BCUT2D eigenvalue weighted by molar-refractivity contribution is 5.80. The largest absolute Gasteiger partial charge is 0.330 e. The van der Waals surface area contributed by atoms with Crippen LogP contribution in [0.2, 0.25) is 0 Å². The van der Waals surface area contributed by atoms with Crippen molar-refractivity contribution in [1.82, 2.24) is 19.5 Å². The van der Waals surface area contributed by atoms with Crippen molar-refractivity contribution in [3.8, 4) is 11.3 Å². The molecular formula is C12H13N5O. The van der Waals surface area contributed by atoms with Gasteiger partial charge in [0.25, 0.3) is 0 Å². The summed E-state index contributed by atoms with van der Waals surface area (Å²) in [5, 5.41) is 0. The van der Waals surface area contributed by atoms with Crippen LogP contribution in [0.25, 0.3) is 22.3 Å². The molecule has 0 saturated heterocycles. The number of imidazole rings is 2. The van der Waals surface area contributed by atoms with Gasteiger partial charge in [-0.3, -0.25) is 0 Å². The molecule has 0 radical (unpaired) electrons.